The van der Waals surface area contributed by atoms with Gasteiger partial charge in [0, 0.05) is 36.7 Å². The number of amidine groups is 1. The van der Waals surface area contributed by atoms with Crippen molar-refractivity contribution < 1.29 is 34.1 Å². The fourth-order valence-corrected chi connectivity index (χ4v) is 4.27. The highest BCUT2D eigenvalue weighted by molar-refractivity contribution is 8.93. The van der Waals surface area contributed by atoms with Crippen molar-refractivity contribution in [3.63, 3.8) is 0 Å². The van der Waals surface area contributed by atoms with E-state index in [-0.39, 0.29) is 72.0 Å². The van der Waals surface area contributed by atoms with Gasteiger partial charge in [-0.2, -0.15) is 0 Å². The van der Waals surface area contributed by atoms with Crippen LogP contribution in [0.4, 0.5) is 0 Å². The summed E-state index contributed by atoms with van der Waals surface area (Å²) in [5.41, 5.74) is 2.00. The summed E-state index contributed by atoms with van der Waals surface area (Å²) in [5, 5.41) is 30.9. The molecule has 0 saturated carbocycles. The van der Waals surface area contributed by atoms with E-state index in [0.29, 0.717) is 41.2 Å². The molecule has 4 N–H and O–H groups in total. The molecular formula is C28H36BrN3O7. The molecule has 10 nitrogen and oxygen atoms in total. The molecule has 1 aliphatic heterocycles. The quantitative estimate of drug-likeness (QED) is 0.219. The molecule has 0 saturated heterocycles. The molecule has 0 bridgehead atoms. The van der Waals surface area contributed by atoms with E-state index in [4.69, 9.17) is 20.0 Å². The minimum Gasteiger partial charge on any atom is -0.504 e. The summed E-state index contributed by atoms with van der Waals surface area (Å²) in [4.78, 5) is 38.2. The van der Waals surface area contributed by atoms with E-state index >= 15 is 0 Å². The minimum absolute atomic E-state index is 0. The Morgan fingerprint density at radius 2 is 1.79 bits per heavy atom. The Kier molecular flexibility index (Phi) is 10.5. The summed E-state index contributed by atoms with van der Waals surface area (Å²) in [6, 6.07) is 6.44. The summed E-state index contributed by atoms with van der Waals surface area (Å²) in [6.07, 6.45) is 0.179. The Morgan fingerprint density at radius 1 is 1.10 bits per heavy atom. The first-order valence-electron chi connectivity index (χ1n) is 12.5. The van der Waals surface area contributed by atoms with Gasteiger partial charge in [0.2, 0.25) is 0 Å². The van der Waals surface area contributed by atoms with Crippen LogP contribution in [-0.4, -0.2) is 65.4 Å². The fraction of sp³-hybridized carbons (Fsp3) is 0.429. The van der Waals surface area contributed by atoms with Crippen LogP contribution in [0.2, 0.25) is 0 Å². The van der Waals surface area contributed by atoms with Crippen molar-refractivity contribution in [2.45, 2.75) is 52.5 Å². The van der Waals surface area contributed by atoms with E-state index in [9.17, 15) is 19.5 Å². The number of nitrogens with zero attached hydrogens (tertiary/aromatic N) is 1. The van der Waals surface area contributed by atoms with Crippen LogP contribution in [0.3, 0.4) is 0 Å². The van der Waals surface area contributed by atoms with Crippen molar-refractivity contribution in [3.05, 3.63) is 52.1 Å². The SMILES string of the molecule is Br.CCOc1cc2c(cc1C(=O)NC)C(=N)N(CC(=O)c1cc(OCCCC(=O)O)c(O)c(C(C)(C)C)c1)C2. The molecule has 0 aromatic heterocycles. The highest BCUT2D eigenvalue weighted by atomic mass is 79.9. The van der Waals surface area contributed by atoms with Gasteiger partial charge in [0.15, 0.2) is 17.3 Å². The number of hydrogen-bond donors (Lipinski definition) is 4. The Morgan fingerprint density at radius 3 is 2.38 bits per heavy atom. The zero-order valence-electron chi connectivity index (χ0n) is 22.8. The van der Waals surface area contributed by atoms with Gasteiger partial charge in [-0.3, -0.25) is 19.8 Å². The number of amides is 1. The summed E-state index contributed by atoms with van der Waals surface area (Å²) in [6.45, 7) is 8.17. The van der Waals surface area contributed by atoms with Crippen LogP contribution in [0.15, 0.2) is 24.3 Å². The van der Waals surface area contributed by atoms with Crippen molar-refractivity contribution in [3.8, 4) is 17.2 Å². The molecule has 2 aromatic rings. The number of ether oxygens (including phenoxy) is 2. The third-order valence-corrected chi connectivity index (χ3v) is 6.24. The molecule has 2 aromatic carbocycles. The maximum absolute atomic E-state index is 13.4. The molecule has 3 rings (SSSR count). The summed E-state index contributed by atoms with van der Waals surface area (Å²) >= 11 is 0. The van der Waals surface area contributed by atoms with Crippen LogP contribution < -0.4 is 14.8 Å². The number of aromatic hydroxyl groups is 1. The van der Waals surface area contributed by atoms with Gasteiger partial charge < -0.3 is 29.9 Å². The smallest absolute Gasteiger partial charge is 0.303 e. The molecule has 0 radical (unpaired) electrons. The summed E-state index contributed by atoms with van der Waals surface area (Å²) < 4.78 is 11.3. The number of Topliss-reactive ketones (excluding diaryl/α,β-unsaturated/α-hetero) is 1. The first-order valence-corrected chi connectivity index (χ1v) is 12.5. The zero-order valence-corrected chi connectivity index (χ0v) is 24.6. The van der Waals surface area contributed by atoms with Crippen LogP contribution in [0.1, 0.15) is 77.9 Å². The van der Waals surface area contributed by atoms with Crippen LogP contribution in [0, 0.1) is 5.41 Å². The zero-order chi connectivity index (χ0) is 28.2. The van der Waals surface area contributed by atoms with Crippen LogP contribution >= 0.6 is 17.0 Å². The molecule has 0 atom stereocenters. The van der Waals surface area contributed by atoms with Crippen LogP contribution in [0.25, 0.3) is 0 Å². The topological polar surface area (TPSA) is 149 Å². The predicted molar refractivity (Wildman–Crippen MR) is 152 cm³/mol. The summed E-state index contributed by atoms with van der Waals surface area (Å²) in [5.74, 6) is -0.972. The number of aliphatic carboxylic acids is 1. The molecule has 11 heteroatoms. The molecule has 0 spiro atoms. The number of phenolic OH excluding ortho intramolecular Hbond substituents is 1. The number of rotatable bonds is 11. The molecule has 0 aliphatic carbocycles. The molecule has 1 heterocycles. The largest absolute Gasteiger partial charge is 0.504 e. The van der Waals surface area contributed by atoms with E-state index < -0.39 is 11.4 Å². The third-order valence-electron chi connectivity index (χ3n) is 6.24. The Hall–Kier alpha value is -3.60. The Balaban J connectivity index is 0.00000533. The molecule has 1 amide bonds. The average Bonchev–Trinajstić information content (AvgIpc) is 3.14. The van der Waals surface area contributed by atoms with E-state index in [1.54, 1.807) is 23.1 Å². The van der Waals surface area contributed by atoms with Gasteiger partial charge in [0.25, 0.3) is 5.91 Å². The standard InChI is InChI=1S/C28H35N3O7.BrH/c1-6-37-22-12-17-14-31(26(29)18(17)13-19(22)27(36)30-5)15-21(32)16-10-20(28(2,3)4)25(35)23(11-16)38-9-7-8-24(33)34;/h10-13,29,35H,6-9,14-15H2,1-5H3,(H,30,36)(H,33,34);1H. The monoisotopic (exact) mass is 605 g/mol. The first kappa shape index (κ1) is 31.6. The number of carboxylic acids is 1. The van der Waals surface area contributed by atoms with Gasteiger partial charge in [-0.25, -0.2) is 0 Å². The maximum atomic E-state index is 13.4. The molecule has 39 heavy (non-hydrogen) atoms. The number of phenols is 1. The third kappa shape index (κ3) is 7.29. The van der Waals surface area contributed by atoms with Gasteiger partial charge in [0.05, 0.1) is 25.3 Å². The number of carbonyl (C=O) groups excluding carboxylic acids is 2. The van der Waals surface area contributed by atoms with Crippen molar-refractivity contribution >= 4 is 40.5 Å². The summed E-state index contributed by atoms with van der Waals surface area (Å²) in [7, 11) is 1.52. The fourth-order valence-electron chi connectivity index (χ4n) is 4.27. The van der Waals surface area contributed by atoms with Gasteiger partial charge in [-0.1, -0.05) is 20.8 Å². The van der Waals surface area contributed by atoms with Gasteiger partial charge >= 0.3 is 5.97 Å². The molecule has 0 unspecified atom stereocenters. The molecule has 1 aliphatic rings. The van der Waals surface area contributed by atoms with E-state index in [2.05, 4.69) is 5.32 Å². The van der Waals surface area contributed by atoms with Crippen LogP contribution in [-0.2, 0) is 16.8 Å². The average molecular weight is 607 g/mol. The van der Waals surface area contributed by atoms with Crippen molar-refractivity contribution in [2.24, 2.45) is 0 Å². The van der Waals surface area contributed by atoms with E-state index in [1.165, 1.54) is 13.1 Å². The first-order chi connectivity index (χ1) is 17.9. The number of carbonyl (C=O) groups is 3. The number of hydrogen-bond acceptors (Lipinski definition) is 7. The van der Waals surface area contributed by atoms with Crippen molar-refractivity contribution in [1.82, 2.24) is 10.2 Å². The number of halogens is 1. The van der Waals surface area contributed by atoms with Gasteiger partial charge in [-0.15, -0.1) is 17.0 Å². The lowest BCUT2D eigenvalue weighted by Gasteiger charge is -2.24. The highest BCUT2D eigenvalue weighted by Gasteiger charge is 2.30. The second-order valence-electron chi connectivity index (χ2n) is 10.1. The lowest BCUT2D eigenvalue weighted by molar-refractivity contribution is -0.137. The van der Waals surface area contributed by atoms with E-state index in [1.807, 2.05) is 27.7 Å². The second kappa shape index (κ2) is 13.0. The molecular weight excluding hydrogens is 570 g/mol. The number of nitrogens with one attached hydrogen (secondary N) is 2. The highest BCUT2D eigenvalue weighted by Crippen LogP contribution is 2.39. The number of ketones is 1. The predicted octanol–water partition coefficient (Wildman–Crippen LogP) is 4.29. The Labute approximate surface area is 238 Å². The minimum atomic E-state index is -0.943. The second-order valence-corrected chi connectivity index (χ2v) is 10.1. The van der Waals surface area contributed by atoms with Gasteiger partial charge in [0.1, 0.15) is 11.6 Å². The van der Waals surface area contributed by atoms with Crippen molar-refractivity contribution in [1.29, 1.82) is 5.41 Å². The van der Waals surface area contributed by atoms with Crippen molar-refractivity contribution in [2.75, 3.05) is 26.8 Å². The molecule has 0 fully saturated rings. The molecule has 212 valence electrons. The Bertz CT molecular complexity index is 1270. The normalized spacial score (nSPS) is 12.4. The van der Waals surface area contributed by atoms with E-state index in [0.717, 1.165) is 5.56 Å². The lowest BCUT2D eigenvalue weighted by Crippen LogP contribution is -2.30. The number of carboxylic acid groups (broad SMARTS) is 1. The maximum Gasteiger partial charge on any atom is 0.303 e. The lowest BCUT2D eigenvalue weighted by atomic mass is 9.84. The van der Waals surface area contributed by atoms with Crippen LogP contribution in [0.5, 0.6) is 17.2 Å². The van der Waals surface area contributed by atoms with Gasteiger partial charge in [-0.05, 0) is 48.6 Å². The number of fused-ring (bicyclic) bond motifs is 1. The number of benzene rings is 2.